The average Bonchev–Trinajstić information content (AvgIpc) is 3.30. The van der Waals surface area contributed by atoms with Crippen LogP contribution in [0.3, 0.4) is 0 Å². The van der Waals surface area contributed by atoms with Crippen molar-refractivity contribution in [3.63, 3.8) is 0 Å². The monoisotopic (exact) mass is 492 g/mol. The van der Waals surface area contributed by atoms with Gasteiger partial charge in [-0.2, -0.15) is 5.10 Å². The molecule has 0 spiro atoms. The summed E-state index contributed by atoms with van der Waals surface area (Å²) in [4.78, 5) is 18.4. The molecule has 3 heterocycles. The number of nitrogens with zero attached hydrogens (tertiary/aromatic N) is 3. The number of nitrogens with one attached hydrogen (secondary N) is 1. The Morgan fingerprint density at radius 3 is 2.78 bits per heavy atom. The summed E-state index contributed by atoms with van der Waals surface area (Å²) in [7, 11) is 1.70. The number of methoxy groups -OCH3 is 1. The Hall–Kier alpha value is -2.93. The summed E-state index contributed by atoms with van der Waals surface area (Å²) in [6.45, 7) is 5.32. The zero-order valence-electron chi connectivity index (χ0n) is 21.7. The molecule has 1 fully saturated rings. The van der Waals surface area contributed by atoms with E-state index in [1.807, 2.05) is 24.5 Å². The highest BCUT2D eigenvalue weighted by Crippen LogP contribution is 2.32. The number of aromatic amines is 1. The highest BCUT2D eigenvalue weighted by molar-refractivity contribution is 5.83. The van der Waals surface area contributed by atoms with Crippen molar-refractivity contribution in [1.29, 1.82) is 0 Å². The van der Waals surface area contributed by atoms with E-state index >= 15 is 0 Å². The smallest absolute Gasteiger partial charge is 0.303 e. The lowest BCUT2D eigenvalue weighted by Gasteiger charge is -2.39. The van der Waals surface area contributed by atoms with Gasteiger partial charge in [0.05, 0.1) is 18.8 Å². The molecule has 0 amide bonds. The fraction of sp³-hybridized carbons (Fsp3) is 0.552. The van der Waals surface area contributed by atoms with Crippen molar-refractivity contribution in [1.82, 2.24) is 20.1 Å². The molecule has 0 bridgehead atoms. The maximum Gasteiger partial charge on any atom is 0.303 e. The van der Waals surface area contributed by atoms with Gasteiger partial charge in [-0.15, -0.1) is 0 Å². The van der Waals surface area contributed by atoms with E-state index in [2.05, 4.69) is 39.1 Å². The van der Waals surface area contributed by atoms with E-state index in [0.29, 0.717) is 11.8 Å². The second-order valence-electron chi connectivity index (χ2n) is 10.3. The van der Waals surface area contributed by atoms with E-state index in [4.69, 9.17) is 4.74 Å². The minimum absolute atomic E-state index is 0.267. The summed E-state index contributed by atoms with van der Waals surface area (Å²) in [5, 5.41) is 17.6. The Kier molecular flexibility index (Phi) is 9.34. The lowest BCUT2D eigenvalue weighted by molar-refractivity contribution is -0.137. The molecule has 1 aromatic carbocycles. The van der Waals surface area contributed by atoms with Gasteiger partial charge in [-0.05, 0) is 119 Å². The fourth-order valence-corrected chi connectivity index (χ4v) is 5.74. The molecule has 2 aromatic heterocycles. The largest absolute Gasteiger partial charge is 0.497 e. The van der Waals surface area contributed by atoms with Gasteiger partial charge in [-0.25, -0.2) is 0 Å². The van der Waals surface area contributed by atoms with Crippen LogP contribution in [0.1, 0.15) is 61.8 Å². The number of hydrogen-bond acceptors (Lipinski definition) is 5. The number of carboxylic acid groups (broad SMARTS) is 1. The van der Waals surface area contributed by atoms with Crippen molar-refractivity contribution in [2.75, 3.05) is 26.7 Å². The number of likely N-dealkylation sites (tertiary alicyclic amines) is 1. The summed E-state index contributed by atoms with van der Waals surface area (Å²) < 4.78 is 5.42. The highest BCUT2D eigenvalue weighted by Gasteiger charge is 2.29. The van der Waals surface area contributed by atoms with Crippen LogP contribution >= 0.6 is 0 Å². The standard InChI is InChI=1S/C29H40N4O3/c1-21-24(19-31-32-21)6-3-4-16-33-17-14-22(25(20-33)9-12-29(34)35)7-5-8-23-13-15-30-28-11-10-26(36-2)18-27(23)28/h10-11,13,15,18-19,22,25H,3-9,12,14,16-17,20H2,1-2H3,(H,31,32)(H,34,35). The first kappa shape index (κ1) is 26.1. The molecule has 4 rings (SSSR count). The van der Waals surface area contributed by atoms with Crippen molar-refractivity contribution < 1.29 is 14.6 Å². The predicted molar refractivity (Wildman–Crippen MR) is 142 cm³/mol. The number of fused-ring (bicyclic) bond motifs is 1. The molecule has 7 nitrogen and oxygen atoms in total. The number of H-pyrrole nitrogens is 1. The topological polar surface area (TPSA) is 91.3 Å². The minimum atomic E-state index is -0.682. The predicted octanol–water partition coefficient (Wildman–Crippen LogP) is 5.42. The van der Waals surface area contributed by atoms with E-state index in [1.165, 1.54) is 28.6 Å². The van der Waals surface area contributed by atoms with Gasteiger partial charge < -0.3 is 14.7 Å². The second kappa shape index (κ2) is 12.9. The number of piperidine rings is 1. The molecule has 2 unspecified atom stereocenters. The maximum atomic E-state index is 11.3. The Morgan fingerprint density at radius 1 is 1.14 bits per heavy atom. The number of hydrogen-bond donors (Lipinski definition) is 2. The van der Waals surface area contributed by atoms with Crippen LogP contribution in [-0.4, -0.2) is 57.9 Å². The lowest BCUT2D eigenvalue weighted by atomic mass is 9.79. The Bertz CT molecular complexity index is 1130. The highest BCUT2D eigenvalue weighted by atomic mass is 16.5. The quantitative estimate of drug-likeness (QED) is 0.310. The molecule has 1 aliphatic rings. The number of carbonyl (C=O) groups is 1. The minimum Gasteiger partial charge on any atom is -0.497 e. The van der Waals surface area contributed by atoms with E-state index in [9.17, 15) is 9.90 Å². The Morgan fingerprint density at radius 2 is 2.00 bits per heavy atom. The number of pyridine rings is 1. The van der Waals surface area contributed by atoms with Crippen LogP contribution in [0.5, 0.6) is 5.75 Å². The summed E-state index contributed by atoms with van der Waals surface area (Å²) >= 11 is 0. The van der Waals surface area contributed by atoms with Gasteiger partial charge in [-0.1, -0.05) is 0 Å². The summed E-state index contributed by atoms with van der Waals surface area (Å²) in [6, 6.07) is 8.18. The van der Waals surface area contributed by atoms with Crippen molar-refractivity contribution in [2.45, 2.75) is 64.7 Å². The molecule has 1 saturated heterocycles. The van der Waals surface area contributed by atoms with Gasteiger partial charge in [0.2, 0.25) is 0 Å². The molecule has 0 saturated carbocycles. The lowest BCUT2D eigenvalue weighted by Crippen LogP contribution is -2.41. The van der Waals surface area contributed by atoms with Gasteiger partial charge in [0.1, 0.15) is 5.75 Å². The van der Waals surface area contributed by atoms with Crippen LogP contribution in [-0.2, 0) is 17.6 Å². The zero-order valence-corrected chi connectivity index (χ0v) is 21.7. The third-order valence-electron chi connectivity index (χ3n) is 7.87. The van der Waals surface area contributed by atoms with Crippen molar-refractivity contribution >= 4 is 16.9 Å². The molecule has 2 N–H and O–H groups in total. The molecule has 36 heavy (non-hydrogen) atoms. The molecular formula is C29H40N4O3. The Labute approximate surface area is 214 Å². The van der Waals surface area contributed by atoms with Gasteiger partial charge in [-0.3, -0.25) is 14.9 Å². The molecule has 0 aliphatic carbocycles. The second-order valence-corrected chi connectivity index (χ2v) is 10.3. The van der Waals surface area contributed by atoms with E-state index in [0.717, 1.165) is 75.8 Å². The van der Waals surface area contributed by atoms with Crippen molar-refractivity contribution in [3.05, 3.63) is 53.5 Å². The number of benzene rings is 1. The maximum absolute atomic E-state index is 11.3. The molecule has 2 atom stereocenters. The zero-order chi connectivity index (χ0) is 25.3. The summed E-state index contributed by atoms with van der Waals surface area (Å²) in [6.07, 6.45) is 12.7. The van der Waals surface area contributed by atoms with Crippen LogP contribution in [0.2, 0.25) is 0 Å². The SMILES string of the molecule is COc1ccc2nccc(CCCC3CCN(CCCCc4cn[nH]c4C)CC3CCC(=O)O)c2c1. The molecule has 7 heteroatoms. The van der Waals surface area contributed by atoms with Crippen LogP contribution in [0.15, 0.2) is 36.7 Å². The van der Waals surface area contributed by atoms with Crippen LogP contribution in [0.25, 0.3) is 10.9 Å². The third-order valence-corrected chi connectivity index (χ3v) is 7.87. The number of unbranched alkanes of at least 4 members (excludes halogenated alkanes) is 1. The van der Waals surface area contributed by atoms with Crippen LogP contribution in [0.4, 0.5) is 0 Å². The average molecular weight is 493 g/mol. The van der Waals surface area contributed by atoms with Gasteiger partial charge in [0.25, 0.3) is 0 Å². The van der Waals surface area contributed by atoms with E-state index < -0.39 is 5.97 Å². The number of ether oxygens (including phenoxy) is 1. The van der Waals surface area contributed by atoms with Gasteiger partial charge >= 0.3 is 5.97 Å². The first-order valence-electron chi connectivity index (χ1n) is 13.4. The number of carboxylic acids is 1. The van der Waals surface area contributed by atoms with Crippen LogP contribution < -0.4 is 4.74 Å². The number of aromatic nitrogens is 3. The summed E-state index contributed by atoms with van der Waals surface area (Å²) in [5.41, 5.74) is 4.80. The first-order chi connectivity index (χ1) is 17.5. The molecule has 194 valence electrons. The fourth-order valence-electron chi connectivity index (χ4n) is 5.74. The first-order valence-corrected chi connectivity index (χ1v) is 13.4. The molecular weight excluding hydrogens is 452 g/mol. The molecule has 1 aliphatic heterocycles. The van der Waals surface area contributed by atoms with Crippen molar-refractivity contribution in [3.8, 4) is 5.75 Å². The Balaban J connectivity index is 1.29. The molecule has 3 aromatic rings. The van der Waals surface area contributed by atoms with Gasteiger partial charge in [0.15, 0.2) is 0 Å². The van der Waals surface area contributed by atoms with Crippen LogP contribution in [0, 0.1) is 18.8 Å². The third kappa shape index (κ3) is 7.06. The number of aryl methyl sites for hydroxylation is 3. The van der Waals surface area contributed by atoms with Crippen molar-refractivity contribution in [2.24, 2.45) is 11.8 Å². The van der Waals surface area contributed by atoms with E-state index in [1.54, 1.807) is 7.11 Å². The number of rotatable bonds is 13. The number of aliphatic carboxylic acids is 1. The summed E-state index contributed by atoms with van der Waals surface area (Å²) in [5.74, 6) is 1.23. The molecule has 0 radical (unpaired) electrons. The van der Waals surface area contributed by atoms with E-state index in [-0.39, 0.29) is 6.42 Å². The van der Waals surface area contributed by atoms with Gasteiger partial charge in [0, 0.05) is 30.2 Å². The normalized spacial score (nSPS) is 18.5.